The largest absolute Gasteiger partial charge is 0.0826 e. The first kappa shape index (κ1) is 12.2. The van der Waals surface area contributed by atoms with Gasteiger partial charge in [-0.15, -0.1) is 0 Å². The van der Waals surface area contributed by atoms with E-state index < -0.39 is 0 Å². The number of rotatable bonds is 2. The Labute approximate surface area is 109 Å². The van der Waals surface area contributed by atoms with Crippen LogP contribution in [0.25, 0.3) is 0 Å². The Morgan fingerprint density at radius 1 is 0.800 bits per heavy atom. The molecule has 88 valence electrons. The second-order valence-corrected chi connectivity index (χ2v) is 7.74. The van der Waals surface area contributed by atoms with Gasteiger partial charge in [-0.3, -0.25) is 0 Å². The van der Waals surface area contributed by atoms with E-state index in [1.165, 1.54) is 51.4 Å². The van der Waals surface area contributed by atoms with Crippen molar-refractivity contribution in [3.05, 3.63) is 0 Å². The minimum Gasteiger partial charge on any atom is -0.0826 e. The third-order valence-electron chi connectivity index (χ3n) is 4.58. The van der Waals surface area contributed by atoms with Gasteiger partial charge in [0.15, 0.2) is 0 Å². The summed E-state index contributed by atoms with van der Waals surface area (Å²) in [6, 6.07) is 0. The maximum atomic E-state index is 2.64. The van der Waals surface area contributed by atoms with E-state index in [9.17, 15) is 0 Å². The molecule has 0 aromatic heterocycles. The minimum absolute atomic E-state index is 0.991. The molecule has 1 heteroatoms. The van der Waals surface area contributed by atoms with Crippen LogP contribution in [0.4, 0.5) is 0 Å². The van der Waals surface area contributed by atoms with Gasteiger partial charge >= 0.3 is 0 Å². The molecule has 0 radical (unpaired) electrons. The van der Waals surface area contributed by atoms with Gasteiger partial charge in [-0.2, -0.15) is 0 Å². The molecule has 15 heavy (non-hydrogen) atoms. The number of hydrogen-bond donors (Lipinski definition) is 0. The van der Waals surface area contributed by atoms with Gasteiger partial charge < -0.3 is 0 Å². The lowest BCUT2D eigenvalue weighted by Crippen LogP contribution is -2.20. The first-order valence-corrected chi connectivity index (χ1v) is 8.12. The van der Waals surface area contributed by atoms with Gasteiger partial charge in [0.25, 0.3) is 0 Å². The monoisotopic (exact) mass is 320 g/mol. The quantitative estimate of drug-likeness (QED) is 0.485. The molecule has 0 aromatic carbocycles. The number of alkyl halides is 1. The van der Waals surface area contributed by atoms with Crippen molar-refractivity contribution < 1.29 is 0 Å². The molecule has 0 spiro atoms. The third-order valence-corrected chi connectivity index (χ3v) is 5.82. The SMILES string of the molecule is CC1CCC(CC2CCC(I)CC2)CC1. The molecule has 0 nitrogen and oxygen atoms in total. The zero-order valence-electron chi connectivity index (χ0n) is 10.1. The summed E-state index contributed by atoms with van der Waals surface area (Å²) in [5.74, 6) is 3.21. The van der Waals surface area contributed by atoms with Crippen LogP contribution in [0, 0.1) is 17.8 Å². The summed E-state index contributed by atoms with van der Waals surface area (Å²) in [6.07, 6.45) is 13.7. The van der Waals surface area contributed by atoms with Crippen LogP contribution in [0.2, 0.25) is 0 Å². The van der Waals surface area contributed by atoms with E-state index in [1.807, 2.05) is 0 Å². The molecule has 0 bridgehead atoms. The van der Waals surface area contributed by atoms with Crippen LogP contribution >= 0.6 is 22.6 Å². The molecule has 0 saturated heterocycles. The summed E-state index contributed by atoms with van der Waals surface area (Å²) in [4.78, 5) is 0. The van der Waals surface area contributed by atoms with Crippen molar-refractivity contribution in [3.63, 3.8) is 0 Å². The van der Waals surface area contributed by atoms with Gasteiger partial charge in [0, 0.05) is 3.92 Å². The van der Waals surface area contributed by atoms with E-state index in [0.29, 0.717) is 0 Å². The minimum atomic E-state index is 0.991. The molecule has 2 aliphatic rings. The molecule has 2 saturated carbocycles. The Balaban J connectivity index is 1.68. The number of hydrogen-bond acceptors (Lipinski definition) is 0. The lowest BCUT2D eigenvalue weighted by molar-refractivity contribution is 0.221. The molecule has 0 aliphatic heterocycles. The Morgan fingerprint density at radius 3 is 1.80 bits per heavy atom. The van der Waals surface area contributed by atoms with Crippen LogP contribution < -0.4 is 0 Å². The smallest absolute Gasteiger partial charge is 0.0110 e. The summed E-state index contributed by atoms with van der Waals surface area (Å²) >= 11 is 2.64. The van der Waals surface area contributed by atoms with E-state index in [0.717, 1.165) is 21.7 Å². The molecule has 2 fully saturated rings. The van der Waals surface area contributed by atoms with Crippen LogP contribution in [0.1, 0.15) is 64.7 Å². The highest BCUT2D eigenvalue weighted by atomic mass is 127. The molecular formula is C14H25I. The highest BCUT2D eigenvalue weighted by Gasteiger charge is 2.24. The van der Waals surface area contributed by atoms with E-state index in [1.54, 1.807) is 6.42 Å². The fraction of sp³-hybridized carbons (Fsp3) is 1.00. The molecule has 0 amide bonds. The molecule has 0 N–H and O–H groups in total. The topological polar surface area (TPSA) is 0 Å². The second kappa shape index (κ2) is 5.88. The number of halogens is 1. The first-order chi connectivity index (χ1) is 7.24. The van der Waals surface area contributed by atoms with Gasteiger partial charge in [0.05, 0.1) is 0 Å². The second-order valence-electron chi connectivity index (χ2n) is 5.98. The standard InChI is InChI=1S/C14H25I/c1-11-2-4-12(5-3-11)10-13-6-8-14(15)9-7-13/h11-14H,2-10H2,1H3. The van der Waals surface area contributed by atoms with Gasteiger partial charge in [-0.1, -0.05) is 55.2 Å². The van der Waals surface area contributed by atoms with Crippen molar-refractivity contribution in [2.45, 2.75) is 68.6 Å². The normalized spacial score (nSPS) is 42.8. The van der Waals surface area contributed by atoms with Crippen molar-refractivity contribution in [1.82, 2.24) is 0 Å². The lowest BCUT2D eigenvalue weighted by atomic mass is 9.75. The van der Waals surface area contributed by atoms with Gasteiger partial charge in [0.1, 0.15) is 0 Å². The fourth-order valence-electron chi connectivity index (χ4n) is 3.39. The zero-order chi connectivity index (χ0) is 10.7. The van der Waals surface area contributed by atoms with E-state index >= 15 is 0 Å². The van der Waals surface area contributed by atoms with Gasteiger partial charge in [-0.05, 0) is 49.9 Å². The van der Waals surface area contributed by atoms with E-state index in [2.05, 4.69) is 29.5 Å². The average molecular weight is 320 g/mol. The van der Waals surface area contributed by atoms with Crippen molar-refractivity contribution in [2.75, 3.05) is 0 Å². The van der Waals surface area contributed by atoms with Crippen LogP contribution in [0.5, 0.6) is 0 Å². The van der Waals surface area contributed by atoms with Crippen LogP contribution in [-0.2, 0) is 0 Å². The van der Waals surface area contributed by atoms with Crippen LogP contribution in [-0.4, -0.2) is 3.92 Å². The summed E-state index contributed by atoms with van der Waals surface area (Å²) in [7, 11) is 0. The summed E-state index contributed by atoms with van der Waals surface area (Å²) in [6.45, 7) is 2.43. The Kier molecular flexibility index (Phi) is 4.78. The van der Waals surface area contributed by atoms with Crippen molar-refractivity contribution >= 4 is 22.6 Å². The summed E-state index contributed by atoms with van der Waals surface area (Å²) in [5, 5.41) is 0. The van der Waals surface area contributed by atoms with Crippen LogP contribution in [0.15, 0.2) is 0 Å². The molecule has 0 unspecified atom stereocenters. The van der Waals surface area contributed by atoms with Gasteiger partial charge in [0.2, 0.25) is 0 Å². The molecule has 2 aliphatic carbocycles. The molecule has 0 atom stereocenters. The Bertz CT molecular complexity index is 154. The third kappa shape index (κ3) is 3.90. The van der Waals surface area contributed by atoms with E-state index in [-0.39, 0.29) is 0 Å². The highest BCUT2D eigenvalue weighted by molar-refractivity contribution is 14.1. The molecule has 0 aromatic rings. The van der Waals surface area contributed by atoms with E-state index in [4.69, 9.17) is 0 Å². The summed E-state index contributed by atoms with van der Waals surface area (Å²) in [5.41, 5.74) is 0. The first-order valence-electron chi connectivity index (χ1n) is 6.88. The Hall–Kier alpha value is 0.730. The Morgan fingerprint density at radius 2 is 1.27 bits per heavy atom. The fourth-order valence-corrected chi connectivity index (χ4v) is 4.11. The lowest BCUT2D eigenvalue weighted by Gasteiger charge is -2.32. The van der Waals surface area contributed by atoms with Crippen molar-refractivity contribution in [3.8, 4) is 0 Å². The molecular weight excluding hydrogens is 295 g/mol. The highest BCUT2D eigenvalue weighted by Crippen LogP contribution is 2.38. The zero-order valence-corrected chi connectivity index (χ0v) is 12.2. The maximum Gasteiger partial charge on any atom is 0.0110 e. The van der Waals surface area contributed by atoms with Crippen molar-refractivity contribution in [1.29, 1.82) is 0 Å². The molecule has 2 rings (SSSR count). The van der Waals surface area contributed by atoms with Gasteiger partial charge in [-0.25, -0.2) is 0 Å². The van der Waals surface area contributed by atoms with Crippen molar-refractivity contribution in [2.24, 2.45) is 17.8 Å². The summed E-state index contributed by atoms with van der Waals surface area (Å²) < 4.78 is 0.991. The predicted molar refractivity (Wildman–Crippen MR) is 75.5 cm³/mol. The average Bonchev–Trinajstić information content (AvgIpc) is 2.25. The maximum absolute atomic E-state index is 2.64. The molecule has 0 heterocycles. The van der Waals surface area contributed by atoms with Crippen LogP contribution in [0.3, 0.4) is 0 Å². The predicted octanol–water partition coefficient (Wildman–Crippen LogP) is 5.20.